The quantitative estimate of drug-likeness (QED) is 0.132. The molecule has 10 heteroatoms. The van der Waals surface area contributed by atoms with Crippen LogP contribution in [0.3, 0.4) is 0 Å². The number of anilines is 1. The number of unbranched alkanes of at least 4 members (excludes halogenated alkanes) is 2. The molecule has 1 unspecified atom stereocenters. The number of rotatable bonds is 13. The minimum Gasteiger partial charge on any atom is -0.384 e. The van der Waals surface area contributed by atoms with Gasteiger partial charge in [0.25, 0.3) is 11.8 Å². The Hall–Kier alpha value is -1.66. The van der Waals surface area contributed by atoms with Crippen molar-refractivity contribution >= 4 is 60.1 Å². The van der Waals surface area contributed by atoms with Gasteiger partial charge in [0, 0.05) is 46.9 Å². The van der Waals surface area contributed by atoms with Crippen LogP contribution in [-0.2, 0) is 13.8 Å². The van der Waals surface area contributed by atoms with Crippen LogP contribution < -0.4 is 10.6 Å². The number of hydrogen-bond acceptors (Lipinski definition) is 7. The number of carbonyl (C=O) groups is 4. The highest BCUT2D eigenvalue weighted by Crippen LogP contribution is 2.31. The van der Waals surface area contributed by atoms with Crippen molar-refractivity contribution in [3.05, 3.63) is 29.3 Å². The summed E-state index contributed by atoms with van der Waals surface area (Å²) in [6.07, 6.45) is 3.66. The number of likely N-dealkylation sites (N-methyl/N-ethyl adjacent to an activating group) is 1. The van der Waals surface area contributed by atoms with Gasteiger partial charge in [-0.2, -0.15) is 0 Å². The minimum atomic E-state index is -1.01. The molecule has 0 aromatic heterocycles. The van der Waals surface area contributed by atoms with Crippen LogP contribution in [0.4, 0.5) is 5.69 Å². The van der Waals surface area contributed by atoms with E-state index in [0.717, 1.165) is 24.2 Å². The Morgan fingerprint density at radius 2 is 2.07 bits per heavy atom. The molecule has 1 aliphatic heterocycles. The van der Waals surface area contributed by atoms with Crippen molar-refractivity contribution in [3.63, 3.8) is 0 Å². The van der Waals surface area contributed by atoms with Crippen LogP contribution in [0.1, 0.15) is 52.8 Å². The summed E-state index contributed by atoms with van der Waals surface area (Å²) in [5, 5.41) is 5.70. The Bertz CT molecular complexity index is 761. The van der Waals surface area contributed by atoms with Crippen LogP contribution in [0.5, 0.6) is 0 Å². The van der Waals surface area contributed by atoms with Crippen LogP contribution in [0.2, 0.25) is 0 Å². The summed E-state index contributed by atoms with van der Waals surface area (Å²) < 4.78 is 5.22. The van der Waals surface area contributed by atoms with E-state index >= 15 is 0 Å². The monoisotopic (exact) mass is 533 g/mol. The van der Waals surface area contributed by atoms with E-state index in [9.17, 15) is 19.2 Å². The normalized spacial score (nSPS) is 13.9. The lowest BCUT2D eigenvalue weighted by molar-refractivity contribution is -0.124. The third-order valence-electron chi connectivity index (χ3n) is 4.63. The maximum absolute atomic E-state index is 13.0. The van der Waals surface area contributed by atoms with Crippen LogP contribution in [-0.4, -0.2) is 55.1 Å². The summed E-state index contributed by atoms with van der Waals surface area (Å²) in [5.74, 6) is -1.50. The number of aldehydes is 1. The fourth-order valence-electron chi connectivity index (χ4n) is 3.22. The van der Waals surface area contributed by atoms with Crippen LogP contribution in [0, 0.1) is 0 Å². The van der Waals surface area contributed by atoms with E-state index in [1.807, 2.05) is 0 Å². The number of fused-ring (bicyclic) bond motifs is 1. The number of imide groups is 1. The predicted octanol–water partition coefficient (Wildman–Crippen LogP) is 2.97. The summed E-state index contributed by atoms with van der Waals surface area (Å²) in [7, 11) is 2.76. The Balaban J connectivity index is 2.11. The molecule has 0 spiro atoms. The summed E-state index contributed by atoms with van der Waals surface area (Å²) in [4.78, 5) is 49.9. The smallest absolute Gasteiger partial charge is 0.264 e. The van der Waals surface area contributed by atoms with Crippen molar-refractivity contribution in [2.75, 3.05) is 25.5 Å². The molecule has 1 aromatic carbocycles. The molecule has 158 valence electrons. The van der Waals surface area contributed by atoms with Gasteiger partial charge in [0.05, 0.1) is 26.9 Å². The number of carbonyl (C=O) groups excluding carboxylic acids is 4. The Morgan fingerprint density at radius 1 is 1.28 bits per heavy atom. The first-order valence-corrected chi connectivity index (χ1v) is 12.7. The summed E-state index contributed by atoms with van der Waals surface area (Å²) in [5.41, 5.74) is 1.13. The number of benzene rings is 1. The van der Waals surface area contributed by atoms with Gasteiger partial charge in [0.2, 0.25) is 5.91 Å². The summed E-state index contributed by atoms with van der Waals surface area (Å²) in [6.45, 7) is 1.34. The SMILES string of the molecule is CNC(=O)C(CCC=O)N1C(=O)c2cccc(NCCCCCOSI)c2C1=O. The molecule has 0 fully saturated rings. The van der Waals surface area contributed by atoms with Gasteiger partial charge in [0.1, 0.15) is 12.3 Å². The zero-order valence-corrected chi connectivity index (χ0v) is 19.1. The molecular weight excluding hydrogens is 509 g/mol. The maximum Gasteiger partial charge on any atom is 0.264 e. The van der Waals surface area contributed by atoms with Crippen LogP contribution >= 0.6 is 30.4 Å². The topological polar surface area (TPSA) is 105 Å². The molecule has 1 heterocycles. The highest BCUT2D eigenvalue weighted by molar-refractivity contribution is 14.2. The van der Waals surface area contributed by atoms with Crippen molar-refractivity contribution in [2.45, 2.75) is 38.1 Å². The van der Waals surface area contributed by atoms with Gasteiger partial charge in [0.15, 0.2) is 0 Å². The molecule has 29 heavy (non-hydrogen) atoms. The van der Waals surface area contributed by atoms with Gasteiger partial charge >= 0.3 is 0 Å². The van der Waals surface area contributed by atoms with Gasteiger partial charge in [-0.3, -0.25) is 19.3 Å². The fraction of sp³-hybridized carbons (Fsp3) is 0.474. The standard InChI is InChI=1S/C19H24IN3O5S/c1-21-17(25)15(9-6-11-24)23-18(26)13-7-5-8-14(16(13)19(23)27)22-10-3-2-4-12-28-29-20/h5,7-8,11,15,22H,2-4,6,9-10,12H2,1H3,(H,21,25). The number of halogens is 1. The molecule has 2 N–H and O–H groups in total. The molecule has 1 aromatic rings. The average Bonchev–Trinajstić information content (AvgIpc) is 2.99. The van der Waals surface area contributed by atoms with Crippen LogP contribution in [0.15, 0.2) is 18.2 Å². The van der Waals surface area contributed by atoms with E-state index in [0.29, 0.717) is 25.1 Å². The first-order valence-electron chi connectivity index (χ1n) is 9.37. The Morgan fingerprint density at radius 3 is 2.76 bits per heavy atom. The molecule has 1 aliphatic rings. The summed E-state index contributed by atoms with van der Waals surface area (Å²) >= 11 is 2.08. The largest absolute Gasteiger partial charge is 0.384 e. The predicted molar refractivity (Wildman–Crippen MR) is 120 cm³/mol. The van der Waals surface area contributed by atoms with E-state index in [1.54, 1.807) is 18.2 Å². The molecule has 3 amide bonds. The van der Waals surface area contributed by atoms with Gasteiger partial charge in [-0.05, 0) is 37.8 Å². The molecule has 2 rings (SSSR count). The zero-order valence-electron chi connectivity index (χ0n) is 16.1. The first kappa shape index (κ1) is 23.6. The lowest BCUT2D eigenvalue weighted by Crippen LogP contribution is -2.48. The first-order chi connectivity index (χ1) is 14.1. The highest BCUT2D eigenvalue weighted by atomic mass is 127. The Labute approximate surface area is 186 Å². The van der Waals surface area contributed by atoms with Crippen molar-refractivity contribution in [1.29, 1.82) is 0 Å². The molecule has 0 aliphatic carbocycles. The van der Waals surface area contributed by atoms with Crippen molar-refractivity contribution < 1.29 is 23.4 Å². The lowest BCUT2D eigenvalue weighted by atomic mass is 10.1. The number of hydrogen-bond donors (Lipinski definition) is 2. The van der Waals surface area contributed by atoms with E-state index in [2.05, 4.69) is 31.8 Å². The van der Waals surface area contributed by atoms with Crippen LogP contribution in [0.25, 0.3) is 0 Å². The second kappa shape index (κ2) is 12.1. The Kier molecular flexibility index (Phi) is 9.88. The van der Waals surface area contributed by atoms with E-state index < -0.39 is 23.8 Å². The van der Waals surface area contributed by atoms with Gasteiger partial charge in [-0.15, -0.1) is 0 Å². The zero-order chi connectivity index (χ0) is 21.2. The molecule has 0 saturated carbocycles. The van der Waals surface area contributed by atoms with E-state index in [4.69, 9.17) is 4.18 Å². The van der Waals surface area contributed by atoms with Crippen molar-refractivity contribution in [1.82, 2.24) is 10.2 Å². The minimum absolute atomic E-state index is 0.0797. The highest BCUT2D eigenvalue weighted by Gasteiger charge is 2.43. The summed E-state index contributed by atoms with van der Waals surface area (Å²) in [6, 6.07) is 4.03. The molecule has 1 atom stereocenters. The second-order valence-electron chi connectivity index (χ2n) is 6.45. The number of amides is 3. The molecular formula is C19H24IN3O5S. The van der Waals surface area contributed by atoms with Gasteiger partial charge in [-0.25, -0.2) is 0 Å². The fourth-order valence-corrected chi connectivity index (χ4v) is 3.94. The van der Waals surface area contributed by atoms with E-state index in [-0.39, 0.29) is 24.0 Å². The number of nitrogens with zero attached hydrogens (tertiary/aromatic N) is 1. The molecule has 0 radical (unpaired) electrons. The van der Waals surface area contributed by atoms with Crippen molar-refractivity contribution in [2.24, 2.45) is 0 Å². The molecule has 8 nitrogen and oxygen atoms in total. The second-order valence-corrected chi connectivity index (χ2v) is 7.90. The molecule has 0 saturated heterocycles. The third kappa shape index (κ3) is 5.92. The van der Waals surface area contributed by atoms with Gasteiger partial charge < -0.3 is 19.6 Å². The third-order valence-corrected chi connectivity index (χ3v) is 5.65. The van der Waals surface area contributed by atoms with E-state index in [1.165, 1.54) is 16.3 Å². The molecule has 0 bridgehead atoms. The van der Waals surface area contributed by atoms with Gasteiger partial charge in [-0.1, -0.05) is 6.07 Å². The maximum atomic E-state index is 13.0. The van der Waals surface area contributed by atoms with Crippen molar-refractivity contribution in [3.8, 4) is 0 Å². The lowest BCUT2D eigenvalue weighted by Gasteiger charge is -2.24. The number of nitrogens with one attached hydrogen (secondary N) is 2. The average molecular weight is 533 g/mol.